The van der Waals surface area contributed by atoms with Gasteiger partial charge in [0, 0.05) is 17.7 Å². The van der Waals surface area contributed by atoms with E-state index in [1.165, 1.54) is 64.8 Å². The number of anilines is 1. The van der Waals surface area contributed by atoms with Gasteiger partial charge in [0.2, 0.25) is 0 Å². The molecule has 0 fully saturated rings. The molecule has 0 radical (unpaired) electrons. The summed E-state index contributed by atoms with van der Waals surface area (Å²) < 4.78 is 19.8. The zero-order valence-corrected chi connectivity index (χ0v) is 15.3. The highest BCUT2D eigenvalue weighted by molar-refractivity contribution is 6.08. The first-order valence-corrected chi connectivity index (χ1v) is 7.79. The SMILES string of the molecule is COC(=O)c1ccc(C(=O)Nc2cc(OC)c(OC)cc2C(=O)OC)cc1. The van der Waals surface area contributed by atoms with E-state index in [-0.39, 0.29) is 16.8 Å². The maximum absolute atomic E-state index is 12.5. The fourth-order valence-corrected chi connectivity index (χ4v) is 2.33. The Hall–Kier alpha value is -3.55. The van der Waals surface area contributed by atoms with E-state index in [9.17, 15) is 14.4 Å². The highest BCUT2D eigenvalue weighted by atomic mass is 16.5. The number of hydrogen-bond donors (Lipinski definition) is 1. The van der Waals surface area contributed by atoms with Gasteiger partial charge in [0.15, 0.2) is 11.5 Å². The van der Waals surface area contributed by atoms with E-state index in [1.54, 1.807) is 0 Å². The van der Waals surface area contributed by atoms with Crippen LogP contribution in [0.15, 0.2) is 36.4 Å². The van der Waals surface area contributed by atoms with Gasteiger partial charge in [0.1, 0.15) is 0 Å². The van der Waals surface area contributed by atoms with Gasteiger partial charge in [-0.25, -0.2) is 9.59 Å². The number of rotatable bonds is 6. The second kappa shape index (κ2) is 8.70. The molecule has 8 nitrogen and oxygen atoms in total. The topological polar surface area (TPSA) is 100 Å². The standard InChI is InChI=1S/C19H19NO7/c1-24-15-9-13(19(23)27-4)14(10-16(15)25-2)20-17(21)11-5-7-12(8-6-11)18(22)26-3/h5-10H,1-4H3,(H,20,21). The predicted octanol–water partition coefficient (Wildman–Crippen LogP) is 2.53. The molecule has 1 amide bonds. The quantitative estimate of drug-likeness (QED) is 0.777. The smallest absolute Gasteiger partial charge is 0.340 e. The summed E-state index contributed by atoms with van der Waals surface area (Å²) in [5.41, 5.74) is 0.903. The van der Waals surface area contributed by atoms with Crippen molar-refractivity contribution in [3.63, 3.8) is 0 Å². The van der Waals surface area contributed by atoms with Crippen LogP contribution in [0.25, 0.3) is 0 Å². The van der Waals surface area contributed by atoms with Crippen LogP contribution in [0.4, 0.5) is 5.69 Å². The molecule has 0 saturated heterocycles. The Kier molecular flexibility index (Phi) is 6.37. The first-order chi connectivity index (χ1) is 12.9. The van der Waals surface area contributed by atoms with Gasteiger partial charge in [-0.15, -0.1) is 0 Å². The molecule has 27 heavy (non-hydrogen) atoms. The molecule has 0 atom stereocenters. The van der Waals surface area contributed by atoms with Crippen molar-refractivity contribution in [3.05, 3.63) is 53.1 Å². The van der Waals surface area contributed by atoms with Gasteiger partial charge >= 0.3 is 11.9 Å². The number of methoxy groups -OCH3 is 4. The van der Waals surface area contributed by atoms with Crippen LogP contribution in [0.5, 0.6) is 11.5 Å². The van der Waals surface area contributed by atoms with Crippen molar-refractivity contribution >= 4 is 23.5 Å². The number of hydrogen-bond acceptors (Lipinski definition) is 7. The monoisotopic (exact) mass is 373 g/mol. The summed E-state index contributed by atoms with van der Waals surface area (Å²) in [6, 6.07) is 8.76. The van der Waals surface area contributed by atoms with E-state index < -0.39 is 17.8 Å². The lowest BCUT2D eigenvalue weighted by Crippen LogP contribution is -2.16. The van der Waals surface area contributed by atoms with Crippen LogP contribution in [0.2, 0.25) is 0 Å². The lowest BCUT2D eigenvalue weighted by atomic mass is 10.1. The zero-order valence-electron chi connectivity index (χ0n) is 15.3. The lowest BCUT2D eigenvalue weighted by molar-refractivity contribution is 0.0592. The minimum atomic E-state index is -0.646. The first kappa shape index (κ1) is 19.8. The van der Waals surface area contributed by atoms with Gasteiger partial charge in [-0.05, 0) is 24.3 Å². The first-order valence-electron chi connectivity index (χ1n) is 7.79. The highest BCUT2D eigenvalue weighted by Gasteiger charge is 2.20. The van der Waals surface area contributed by atoms with E-state index in [0.717, 1.165) is 0 Å². The van der Waals surface area contributed by atoms with Crippen molar-refractivity contribution in [2.75, 3.05) is 33.8 Å². The highest BCUT2D eigenvalue weighted by Crippen LogP contribution is 2.34. The number of esters is 2. The maximum Gasteiger partial charge on any atom is 0.340 e. The molecular weight excluding hydrogens is 354 g/mol. The third-order valence-corrected chi connectivity index (χ3v) is 3.75. The predicted molar refractivity (Wildman–Crippen MR) is 96.6 cm³/mol. The Morgan fingerprint density at radius 3 is 1.78 bits per heavy atom. The van der Waals surface area contributed by atoms with Crippen molar-refractivity contribution in [1.82, 2.24) is 0 Å². The third kappa shape index (κ3) is 4.35. The van der Waals surface area contributed by atoms with E-state index in [0.29, 0.717) is 17.1 Å². The van der Waals surface area contributed by atoms with Crippen molar-refractivity contribution in [2.45, 2.75) is 0 Å². The fraction of sp³-hybridized carbons (Fsp3) is 0.211. The molecule has 2 aromatic rings. The normalized spacial score (nSPS) is 9.93. The van der Waals surface area contributed by atoms with Gasteiger partial charge in [0.05, 0.1) is 45.3 Å². The molecule has 0 aromatic heterocycles. The van der Waals surface area contributed by atoms with Crippen LogP contribution in [0.3, 0.4) is 0 Å². The Balaban J connectivity index is 2.35. The lowest BCUT2D eigenvalue weighted by Gasteiger charge is -2.14. The number of benzene rings is 2. The van der Waals surface area contributed by atoms with Crippen molar-refractivity contribution in [3.8, 4) is 11.5 Å². The largest absolute Gasteiger partial charge is 0.493 e. The van der Waals surface area contributed by atoms with Gasteiger partial charge in [-0.1, -0.05) is 0 Å². The number of amides is 1. The second-order valence-corrected chi connectivity index (χ2v) is 5.27. The average Bonchev–Trinajstić information content (AvgIpc) is 2.72. The van der Waals surface area contributed by atoms with Gasteiger partial charge < -0.3 is 24.3 Å². The van der Waals surface area contributed by atoms with Crippen LogP contribution in [0, 0.1) is 0 Å². The molecule has 8 heteroatoms. The molecule has 0 aliphatic carbocycles. The molecule has 0 aliphatic rings. The minimum absolute atomic E-state index is 0.106. The Morgan fingerprint density at radius 1 is 0.741 bits per heavy atom. The van der Waals surface area contributed by atoms with Gasteiger partial charge in [0.25, 0.3) is 5.91 Å². The summed E-state index contributed by atoms with van der Waals surface area (Å²) in [5, 5.41) is 2.64. The average molecular weight is 373 g/mol. The molecule has 0 aliphatic heterocycles. The van der Waals surface area contributed by atoms with E-state index in [1.807, 2.05) is 0 Å². The Morgan fingerprint density at radius 2 is 1.26 bits per heavy atom. The Labute approximate surface area is 156 Å². The molecule has 0 spiro atoms. The van der Waals surface area contributed by atoms with Crippen LogP contribution in [-0.2, 0) is 9.47 Å². The second-order valence-electron chi connectivity index (χ2n) is 5.27. The zero-order chi connectivity index (χ0) is 20.0. The van der Waals surface area contributed by atoms with Crippen molar-refractivity contribution in [1.29, 1.82) is 0 Å². The molecule has 0 unspecified atom stereocenters. The maximum atomic E-state index is 12.5. The summed E-state index contributed by atoms with van der Waals surface area (Å²) in [4.78, 5) is 36.1. The summed E-state index contributed by atoms with van der Waals surface area (Å²) in [6.07, 6.45) is 0. The number of carbonyl (C=O) groups excluding carboxylic acids is 3. The summed E-state index contributed by atoms with van der Waals surface area (Å²) in [6.45, 7) is 0. The van der Waals surface area contributed by atoms with E-state index in [4.69, 9.17) is 14.2 Å². The minimum Gasteiger partial charge on any atom is -0.493 e. The molecule has 0 saturated carbocycles. The van der Waals surface area contributed by atoms with Crippen molar-refractivity contribution < 1.29 is 33.3 Å². The summed E-state index contributed by atoms with van der Waals surface area (Å²) in [5.74, 6) is -0.981. The molecule has 1 N–H and O–H groups in total. The molecule has 2 rings (SSSR count). The Bertz CT molecular complexity index is 859. The molecule has 0 heterocycles. The van der Waals surface area contributed by atoms with Crippen LogP contribution in [0.1, 0.15) is 31.1 Å². The molecular formula is C19H19NO7. The summed E-state index contributed by atoms with van der Waals surface area (Å²) >= 11 is 0. The molecule has 0 bridgehead atoms. The van der Waals surface area contributed by atoms with Gasteiger partial charge in [-0.3, -0.25) is 4.79 Å². The van der Waals surface area contributed by atoms with Crippen molar-refractivity contribution in [2.24, 2.45) is 0 Å². The third-order valence-electron chi connectivity index (χ3n) is 3.75. The number of ether oxygens (including phenoxy) is 4. The molecule has 142 valence electrons. The van der Waals surface area contributed by atoms with E-state index in [2.05, 4.69) is 10.1 Å². The number of nitrogens with one attached hydrogen (secondary N) is 1. The number of carbonyl (C=O) groups is 3. The summed E-state index contributed by atoms with van der Waals surface area (Å²) in [7, 11) is 5.37. The van der Waals surface area contributed by atoms with Gasteiger partial charge in [-0.2, -0.15) is 0 Å². The van der Waals surface area contributed by atoms with E-state index >= 15 is 0 Å². The van der Waals surface area contributed by atoms with Crippen LogP contribution < -0.4 is 14.8 Å². The molecule has 2 aromatic carbocycles. The van der Waals surface area contributed by atoms with Crippen LogP contribution in [-0.4, -0.2) is 46.3 Å². The van der Waals surface area contributed by atoms with Crippen LogP contribution >= 0.6 is 0 Å². The fourth-order valence-electron chi connectivity index (χ4n) is 2.33.